The first kappa shape index (κ1) is 23.0. The third-order valence-corrected chi connectivity index (χ3v) is 6.05. The molecule has 0 aliphatic carbocycles. The predicted octanol–water partition coefficient (Wildman–Crippen LogP) is 3.08. The second-order valence-electron chi connectivity index (χ2n) is 7.70. The van der Waals surface area contributed by atoms with Crippen molar-refractivity contribution in [3.05, 3.63) is 45.1 Å². The summed E-state index contributed by atoms with van der Waals surface area (Å²) in [5.74, 6) is 0.780. The van der Waals surface area contributed by atoms with E-state index >= 15 is 0 Å². The highest BCUT2D eigenvalue weighted by atomic mass is 32.1. The fraction of sp³-hybridized carbons (Fsp3) is 0.455. The molecule has 0 bridgehead atoms. The van der Waals surface area contributed by atoms with Crippen molar-refractivity contribution in [2.75, 3.05) is 13.7 Å². The van der Waals surface area contributed by atoms with E-state index in [2.05, 4.69) is 57.7 Å². The molecule has 1 atom stereocenters. The molecule has 0 aliphatic heterocycles. The fourth-order valence-electron chi connectivity index (χ4n) is 2.99. The first-order chi connectivity index (χ1) is 13.7. The lowest BCUT2D eigenvalue weighted by atomic mass is 9.87. The van der Waals surface area contributed by atoms with Gasteiger partial charge in [-0.3, -0.25) is 9.59 Å². The van der Waals surface area contributed by atoms with Gasteiger partial charge in [0.2, 0.25) is 0 Å². The summed E-state index contributed by atoms with van der Waals surface area (Å²) in [6.45, 7) is 8.77. The average Bonchev–Trinajstić information content (AvgIpc) is 3.15. The fourth-order valence-corrected chi connectivity index (χ4v) is 3.96. The summed E-state index contributed by atoms with van der Waals surface area (Å²) in [5.41, 5.74) is 3.69. The van der Waals surface area contributed by atoms with Gasteiger partial charge in [0.05, 0.1) is 18.4 Å². The molecular weight excluding hydrogens is 385 g/mol. The van der Waals surface area contributed by atoms with E-state index in [0.29, 0.717) is 10.8 Å². The molecule has 0 aliphatic rings. The van der Waals surface area contributed by atoms with Gasteiger partial charge in [0.25, 0.3) is 5.91 Å². The van der Waals surface area contributed by atoms with E-state index in [1.54, 1.807) is 0 Å². The number of nitrogens with one attached hydrogen (secondary N) is 1. The minimum atomic E-state index is -0.341. The normalized spacial score (nSPS) is 11.9. The molecule has 29 heavy (non-hydrogen) atoms. The summed E-state index contributed by atoms with van der Waals surface area (Å²) in [6.07, 6.45) is 0.903. The molecule has 0 fully saturated rings. The maximum atomic E-state index is 12.4. The first-order valence-corrected chi connectivity index (χ1v) is 10.7. The van der Waals surface area contributed by atoms with Crippen molar-refractivity contribution in [1.29, 1.82) is 0 Å². The lowest BCUT2D eigenvalue weighted by molar-refractivity contribution is -0.140. The highest BCUT2D eigenvalue weighted by Crippen LogP contribution is 2.33. The molecule has 2 aromatic rings. The zero-order chi connectivity index (χ0) is 21.6. The van der Waals surface area contributed by atoms with Crippen LogP contribution in [-0.4, -0.2) is 33.4 Å². The monoisotopic (exact) mass is 415 g/mol. The summed E-state index contributed by atoms with van der Waals surface area (Å²) in [5, 5.41) is 2.76. The molecule has 1 aromatic heterocycles. The van der Waals surface area contributed by atoms with E-state index in [1.807, 2.05) is 12.1 Å². The van der Waals surface area contributed by atoms with Gasteiger partial charge >= 0.3 is 5.97 Å². The van der Waals surface area contributed by atoms with Crippen LogP contribution < -0.4 is 15.5 Å². The van der Waals surface area contributed by atoms with Crippen LogP contribution in [0.15, 0.2) is 24.3 Å². The molecule has 1 amide bonds. The van der Waals surface area contributed by atoms with E-state index in [0.717, 1.165) is 17.0 Å². The number of hydrogen-bond donors (Lipinski definition) is 1. The van der Waals surface area contributed by atoms with Gasteiger partial charge in [0.15, 0.2) is 0 Å². The molecule has 2 rings (SSSR count). The summed E-state index contributed by atoms with van der Waals surface area (Å²) in [4.78, 5) is 25.2. The maximum absolute atomic E-state index is 12.4. The van der Waals surface area contributed by atoms with Crippen LogP contribution in [0.4, 0.5) is 0 Å². The van der Waals surface area contributed by atoms with Crippen LogP contribution in [0.25, 0.3) is 0 Å². The Morgan fingerprint density at radius 2 is 1.83 bits per heavy atom. The van der Waals surface area contributed by atoms with Crippen molar-refractivity contribution >= 4 is 36.5 Å². The van der Waals surface area contributed by atoms with Crippen LogP contribution in [0.1, 0.15) is 58.5 Å². The van der Waals surface area contributed by atoms with Gasteiger partial charge < -0.3 is 14.8 Å². The first-order valence-electron chi connectivity index (χ1n) is 9.90. The van der Waals surface area contributed by atoms with Gasteiger partial charge in [-0.2, -0.15) is 0 Å². The Hall–Kier alpha value is -2.28. The van der Waals surface area contributed by atoms with Crippen LogP contribution in [-0.2, 0) is 9.53 Å². The van der Waals surface area contributed by atoms with Crippen LogP contribution in [0.5, 0.6) is 5.75 Å². The van der Waals surface area contributed by atoms with E-state index in [1.165, 1.54) is 35.0 Å². The van der Waals surface area contributed by atoms with E-state index in [4.69, 9.17) is 4.74 Å². The molecule has 1 unspecified atom stereocenters. The highest BCUT2D eigenvalue weighted by molar-refractivity contribution is 7.14. The van der Waals surface area contributed by atoms with Gasteiger partial charge in [0, 0.05) is 11.4 Å². The van der Waals surface area contributed by atoms with Crippen molar-refractivity contribution in [2.24, 2.45) is 5.92 Å². The summed E-state index contributed by atoms with van der Waals surface area (Å²) in [6, 6.07) is 7.92. The zero-order valence-corrected chi connectivity index (χ0v) is 18.9. The van der Waals surface area contributed by atoms with Crippen molar-refractivity contribution < 1.29 is 19.1 Å². The number of amides is 1. The Bertz CT molecular complexity index is 839. The smallest absolute Gasteiger partial charge is 0.307 e. The molecule has 0 radical (unpaired) electrons. The number of rotatable bonds is 9. The Labute approximate surface area is 178 Å². The van der Waals surface area contributed by atoms with E-state index in [9.17, 15) is 9.59 Å². The molecule has 156 valence electrons. The van der Waals surface area contributed by atoms with Crippen LogP contribution in [0, 0.1) is 19.8 Å². The Morgan fingerprint density at radius 3 is 2.41 bits per heavy atom. The quantitative estimate of drug-likeness (QED) is 0.505. The topological polar surface area (TPSA) is 64.6 Å². The lowest BCUT2D eigenvalue weighted by Crippen LogP contribution is -2.25. The number of hydrogen-bond acceptors (Lipinski definition) is 5. The Kier molecular flexibility index (Phi) is 8.32. The van der Waals surface area contributed by atoms with Gasteiger partial charge in [-0.15, -0.1) is 11.3 Å². The van der Waals surface area contributed by atoms with E-state index in [-0.39, 0.29) is 30.9 Å². The van der Waals surface area contributed by atoms with Crippen molar-refractivity contribution in [2.45, 2.75) is 46.6 Å². The molecular formula is C22H30BNO4S. The molecule has 7 heteroatoms. The van der Waals surface area contributed by atoms with Gasteiger partial charge in [-0.1, -0.05) is 30.4 Å². The third kappa shape index (κ3) is 6.63. The van der Waals surface area contributed by atoms with Crippen molar-refractivity contribution in [3.8, 4) is 5.75 Å². The number of esters is 1. The molecule has 0 saturated heterocycles. The average molecular weight is 415 g/mol. The number of aryl methyl sites for hydroxylation is 2. The molecule has 5 nitrogen and oxygen atoms in total. The maximum Gasteiger partial charge on any atom is 0.307 e. The minimum absolute atomic E-state index is 0.113. The van der Waals surface area contributed by atoms with Crippen LogP contribution >= 0.6 is 11.3 Å². The Morgan fingerprint density at radius 1 is 1.17 bits per heavy atom. The zero-order valence-electron chi connectivity index (χ0n) is 18.1. The number of carbonyl (C=O) groups excluding carboxylic acids is 2. The summed E-state index contributed by atoms with van der Waals surface area (Å²) >= 11 is 1.43. The molecule has 1 heterocycles. The molecule has 0 saturated carbocycles. The number of ether oxygens (including phenoxy) is 2. The van der Waals surface area contributed by atoms with E-state index < -0.39 is 0 Å². The number of benzene rings is 1. The number of thiophene rings is 1. The summed E-state index contributed by atoms with van der Waals surface area (Å²) in [7, 11) is 3.45. The molecule has 1 aromatic carbocycles. The summed E-state index contributed by atoms with van der Waals surface area (Å²) < 4.78 is 11.0. The number of methoxy groups -OCH3 is 1. The lowest BCUT2D eigenvalue weighted by Gasteiger charge is -2.21. The Balaban J connectivity index is 2.13. The van der Waals surface area contributed by atoms with Crippen molar-refractivity contribution in [3.63, 3.8) is 0 Å². The van der Waals surface area contributed by atoms with Crippen LogP contribution in [0.2, 0.25) is 0 Å². The van der Waals surface area contributed by atoms with Gasteiger partial charge in [-0.05, 0) is 50.5 Å². The van der Waals surface area contributed by atoms with Gasteiger partial charge in [-0.25, -0.2) is 0 Å². The second-order valence-corrected chi connectivity index (χ2v) is 8.82. The van der Waals surface area contributed by atoms with Crippen molar-refractivity contribution in [1.82, 2.24) is 5.32 Å². The number of carbonyl (C=O) groups is 2. The second kappa shape index (κ2) is 10.5. The SMILES string of the molecule is Bc1c(C)cc(OC(CC(C)C)c2ccc(C(=O)NCCC(=O)OC)s2)cc1C. The minimum Gasteiger partial charge on any atom is -0.485 e. The van der Waals surface area contributed by atoms with Gasteiger partial charge in [0.1, 0.15) is 19.7 Å². The predicted molar refractivity (Wildman–Crippen MR) is 120 cm³/mol. The molecule has 1 N–H and O–H groups in total. The largest absolute Gasteiger partial charge is 0.485 e. The highest BCUT2D eigenvalue weighted by Gasteiger charge is 2.20. The third-order valence-electron chi connectivity index (χ3n) is 4.87. The standard InChI is InChI=1S/C22H30BNO4S/c1-13(2)10-17(28-16-11-14(3)21(23)15(4)12-16)18-6-7-19(29-18)22(26)24-9-8-20(25)27-5/h6-7,11-13,17H,8-10,23H2,1-5H3,(H,24,26). The molecule has 0 spiro atoms. The van der Waals surface area contributed by atoms with Crippen LogP contribution in [0.3, 0.4) is 0 Å².